The number of nitrogens with zero attached hydrogens (tertiary/aromatic N) is 1. The number of benzene rings is 2. The molecule has 0 aliphatic carbocycles. The van der Waals surface area contributed by atoms with Gasteiger partial charge in [0.1, 0.15) is 11.5 Å². The third-order valence-electron chi connectivity index (χ3n) is 5.87. The van der Waals surface area contributed by atoms with Crippen LogP contribution in [-0.4, -0.2) is 56.8 Å². The molecule has 0 spiro atoms. The normalized spacial score (nSPS) is 18.6. The van der Waals surface area contributed by atoms with Gasteiger partial charge in [-0.2, -0.15) is 8.42 Å². The van der Waals surface area contributed by atoms with Crippen molar-refractivity contribution in [3.05, 3.63) is 57.6 Å². The van der Waals surface area contributed by atoms with Crippen molar-refractivity contribution in [3.8, 4) is 11.5 Å². The number of hydrogen-bond donors (Lipinski definition) is 1. The molecule has 1 fully saturated rings. The molecule has 0 radical (unpaired) electrons. The highest BCUT2D eigenvalue weighted by Crippen LogP contribution is 2.42. The maximum absolute atomic E-state index is 13.3. The molecule has 1 amide bonds. The van der Waals surface area contributed by atoms with Gasteiger partial charge in [0.25, 0.3) is 16.0 Å². The molecule has 0 saturated carbocycles. The zero-order valence-electron chi connectivity index (χ0n) is 17.8. The van der Waals surface area contributed by atoms with Crippen LogP contribution in [0.3, 0.4) is 0 Å². The fourth-order valence-electron chi connectivity index (χ4n) is 4.19. The Morgan fingerprint density at radius 3 is 2.50 bits per heavy atom. The Morgan fingerprint density at radius 2 is 1.88 bits per heavy atom. The van der Waals surface area contributed by atoms with E-state index >= 15 is 0 Å². The van der Waals surface area contributed by atoms with E-state index in [0.717, 1.165) is 5.56 Å². The smallest absolute Gasteiger partial charge is 0.264 e. The molecule has 0 bridgehead atoms. The molecule has 2 aromatic rings. The van der Waals surface area contributed by atoms with Crippen LogP contribution in [0, 0.1) is 0 Å². The summed E-state index contributed by atoms with van der Waals surface area (Å²) in [7, 11) is -1.06. The Labute approximate surface area is 198 Å². The number of hydrogen-bond acceptors (Lipinski definition) is 5. The number of ether oxygens (including phenoxy) is 2. The molecule has 7 nitrogen and oxygen atoms in total. The fraction of sp³-hybridized carbons (Fsp3) is 0.409. The third kappa shape index (κ3) is 5.49. The molecule has 32 heavy (non-hydrogen) atoms. The van der Waals surface area contributed by atoms with Gasteiger partial charge in [0.05, 0.1) is 35.6 Å². The van der Waals surface area contributed by atoms with Crippen LogP contribution in [0.25, 0.3) is 0 Å². The van der Waals surface area contributed by atoms with Crippen molar-refractivity contribution in [2.75, 3.05) is 33.1 Å². The average molecular weight is 502 g/mol. The maximum atomic E-state index is 13.3. The molecule has 1 saturated heterocycles. The first kappa shape index (κ1) is 24.6. The molecule has 1 heterocycles. The van der Waals surface area contributed by atoms with E-state index in [1.54, 1.807) is 35.2 Å². The maximum Gasteiger partial charge on any atom is 0.264 e. The molecule has 3 rings (SSSR count). The quantitative estimate of drug-likeness (QED) is 0.536. The predicted octanol–water partition coefficient (Wildman–Crippen LogP) is 4.46. The van der Waals surface area contributed by atoms with Crippen LogP contribution in [0.1, 0.15) is 35.2 Å². The SMILES string of the molecule is COc1ccc(C(=O)N2CCC(CCCS(=O)(=O)O)(c3ccc(Cl)c(Cl)c3)C2)c(OC)c1. The van der Waals surface area contributed by atoms with Crippen LogP contribution < -0.4 is 9.47 Å². The monoisotopic (exact) mass is 501 g/mol. The number of halogens is 2. The van der Waals surface area contributed by atoms with E-state index < -0.39 is 15.5 Å². The number of carbonyl (C=O) groups excluding carboxylic acids is 1. The first-order chi connectivity index (χ1) is 15.1. The Balaban J connectivity index is 1.90. The van der Waals surface area contributed by atoms with Gasteiger partial charge in [-0.3, -0.25) is 9.35 Å². The van der Waals surface area contributed by atoms with E-state index in [9.17, 15) is 13.2 Å². The largest absolute Gasteiger partial charge is 0.497 e. The molecule has 0 aromatic heterocycles. The Hall–Kier alpha value is -2.00. The molecule has 10 heteroatoms. The molecule has 1 N–H and O–H groups in total. The summed E-state index contributed by atoms with van der Waals surface area (Å²) in [5, 5.41) is 0.803. The van der Waals surface area contributed by atoms with Crippen molar-refractivity contribution < 1.29 is 27.2 Å². The van der Waals surface area contributed by atoms with E-state index in [1.165, 1.54) is 14.2 Å². The molecular formula is C22H25Cl2NO6S. The second kappa shape index (κ2) is 9.87. The minimum Gasteiger partial charge on any atom is -0.497 e. The summed E-state index contributed by atoms with van der Waals surface area (Å²) in [6.07, 6.45) is 1.31. The van der Waals surface area contributed by atoms with Gasteiger partial charge in [0.2, 0.25) is 0 Å². The van der Waals surface area contributed by atoms with Gasteiger partial charge in [-0.05, 0) is 49.1 Å². The van der Waals surface area contributed by atoms with Gasteiger partial charge < -0.3 is 14.4 Å². The number of amides is 1. The van der Waals surface area contributed by atoms with Crippen molar-refractivity contribution in [1.82, 2.24) is 4.90 Å². The van der Waals surface area contributed by atoms with E-state index in [-0.39, 0.29) is 18.1 Å². The van der Waals surface area contributed by atoms with Crippen molar-refractivity contribution in [1.29, 1.82) is 0 Å². The van der Waals surface area contributed by atoms with Gasteiger partial charge in [0.15, 0.2) is 0 Å². The summed E-state index contributed by atoms with van der Waals surface area (Å²) in [6.45, 7) is 0.838. The topological polar surface area (TPSA) is 93.1 Å². The van der Waals surface area contributed by atoms with E-state index in [2.05, 4.69) is 0 Å². The molecule has 1 atom stereocenters. The molecule has 174 valence electrons. The Kier molecular flexibility index (Phi) is 7.60. The predicted molar refractivity (Wildman–Crippen MR) is 124 cm³/mol. The van der Waals surface area contributed by atoms with Gasteiger partial charge in [-0.1, -0.05) is 29.3 Å². The second-order valence-electron chi connectivity index (χ2n) is 7.84. The van der Waals surface area contributed by atoms with E-state index in [0.29, 0.717) is 53.0 Å². The van der Waals surface area contributed by atoms with Crippen LogP contribution in [-0.2, 0) is 15.5 Å². The highest BCUT2D eigenvalue weighted by atomic mass is 35.5. The fourth-order valence-corrected chi connectivity index (χ4v) is 5.00. The molecule has 1 aliphatic heterocycles. The molecular weight excluding hydrogens is 477 g/mol. The van der Waals surface area contributed by atoms with Crippen LogP contribution >= 0.6 is 23.2 Å². The number of likely N-dealkylation sites (tertiary alicyclic amines) is 1. The third-order valence-corrected chi connectivity index (χ3v) is 7.41. The molecule has 2 aromatic carbocycles. The Morgan fingerprint density at radius 1 is 1.12 bits per heavy atom. The summed E-state index contributed by atoms with van der Waals surface area (Å²) >= 11 is 12.3. The summed E-state index contributed by atoms with van der Waals surface area (Å²) in [5.41, 5.74) is 0.768. The van der Waals surface area contributed by atoms with Gasteiger partial charge in [0, 0.05) is 24.6 Å². The number of carbonyl (C=O) groups is 1. The second-order valence-corrected chi connectivity index (χ2v) is 10.2. The van der Waals surface area contributed by atoms with Gasteiger partial charge in [-0.25, -0.2) is 0 Å². The van der Waals surface area contributed by atoms with Gasteiger partial charge >= 0.3 is 0 Å². The Bertz CT molecular complexity index is 1110. The van der Waals surface area contributed by atoms with Crippen molar-refractivity contribution in [3.63, 3.8) is 0 Å². The highest BCUT2D eigenvalue weighted by molar-refractivity contribution is 7.85. The summed E-state index contributed by atoms with van der Waals surface area (Å²) in [4.78, 5) is 15.0. The van der Waals surface area contributed by atoms with Crippen molar-refractivity contribution in [2.24, 2.45) is 0 Å². The minimum absolute atomic E-state index is 0.193. The lowest BCUT2D eigenvalue weighted by molar-refractivity contribution is 0.0778. The summed E-state index contributed by atoms with van der Waals surface area (Å²) in [6, 6.07) is 10.3. The minimum atomic E-state index is -4.08. The van der Waals surface area contributed by atoms with Gasteiger partial charge in [-0.15, -0.1) is 0 Å². The van der Waals surface area contributed by atoms with Crippen molar-refractivity contribution >= 4 is 39.2 Å². The van der Waals surface area contributed by atoms with Crippen LogP contribution in [0.15, 0.2) is 36.4 Å². The molecule has 1 aliphatic rings. The molecule has 1 unspecified atom stereocenters. The first-order valence-corrected chi connectivity index (χ1v) is 12.4. The van der Waals surface area contributed by atoms with E-state index in [4.69, 9.17) is 37.2 Å². The summed E-state index contributed by atoms with van der Waals surface area (Å²) < 4.78 is 42.3. The van der Waals surface area contributed by atoms with E-state index in [1.807, 2.05) is 6.07 Å². The number of rotatable bonds is 8. The highest BCUT2D eigenvalue weighted by Gasteiger charge is 2.42. The first-order valence-electron chi connectivity index (χ1n) is 10.0. The summed E-state index contributed by atoms with van der Waals surface area (Å²) in [5.74, 6) is 0.445. The van der Waals surface area contributed by atoms with Crippen LogP contribution in [0.5, 0.6) is 11.5 Å². The lowest BCUT2D eigenvalue weighted by Crippen LogP contribution is -2.35. The average Bonchev–Trinajstić information content (AvgIpc) is 3.19. The zero-order chi connectivity index (χ0) is 23.5. The van der Waals surface area contributed by atoms with Crippen LogP contribution in [0.2, 0.25) is 10.0 Å². The standard InChI is InChI=1S/C22H25Cl2NO6S/c1-30-16-5-6-17(20(13-16)31-2)21(26)25-10-9-22(14-25,8-3-11-32(27,28)29)15-4-7-18(23)19(24)12-15/h4-7,12-13H,3,8-11,14H2,1-2H3,(H,27,28,29). The lowest BCUT2D eigenvalue weighted by Gasteiger charge is -2.30. The number of methoxy groups -OCH3 is 2. The van der Waals surface area contributed by atoms with Crippen molar-refractivity contribution in [2.45, 2.75) is 24.7 Å². The zero-order valence-corrected chi connectivity index (χ0v) is 20.1. The lowest BCUT2D eigenvalue weighted by atomic mass is 9.76. The van der Waals surface area contributed by atoms with Crippen LogP contribution in [0.4, 0.5) is 0 Å².